The number of likely N-dealkylation sites (tertiary alicyclic amines) is 1. The van der Waals surface area contributed by atoms with Crippen molar-refractivity contribution in [3.8, 4) is 5.75 Å². The number of piperidine rings is 2. The summed E-state index contributed by atoms with van der Waals surface area (Å²) in [6.07, 6.45) is 3.52. The van der Waals surface area contributed by atoms with E-state index in [4.69, 9.17) is 14.2 Å². The minimum Gasteiger partial charge on any atom is -0.476 e. The maximum atomic E-state index is 14.8. The zero-order valence-electron chi connectivity index (χ0n) is 31.5. The summed E-state index contributed by atoms with van der Waals surface area (Å²) in [4.78, 5) is 61.3. The second kappa shape index (κ2) is 15.1. The number of hydrogen-bond donors (Lipinski definition) is 2. The summed E-state index contributed by atoms with van der Waals surface area (Å²) >= 11 is 0. The van der Waals surface area contributed by atoms with E-state index in [1.807, 2.05) is 62.1 Å². The quantitative estimate of drug-likeness (QED) is 0.329. The van der Waals surface area contributed by atoms with Crippen LogP contribution in [-0.4, -0.2) is 92.4 Å². The van der Waals surface area contributed by atoms with Crippen LogP contribution in [0.3, 0.4) is 0 Å². The molecule has 52 heavy (non-hydrogen) atoms. The highest BCUT2D eigenvalue weighted by Crippen LogP contribution is 2.43. The molecule has 1 saturated carbocycles. The molecule has 282 valence electrons. The number of anilines is 2. The largest absolute Gasteiger partial charge is 0.476 e. The number of methoxy groups -OCH3 is 1. The first-order chi connectivity index (χ1) is 24.7. The molecule has 4 amide bonds. The molecule has 2 atom stereocenters. The fourth-order valence-corrected chi connectivity index (χ4v) is 7.72. The molecule has 12 nitrogen and oxygen atoms in total. The molecule has 2 aromatic carbocycles. The van der Waals surface area contributed by atoms with Crippen molar-refractivity contribution in [3.05, 3.63) is 54.1 Å². The van der Waals surface area contributed by atoms with Crippen LogP contribution < -0.4 is 25.2 Å². The van der Waals surface area contributed by atoms with Crippen LogP contribution in [0.4, 0.5) is 16.2 Å². The number of hydrogen-bond acceptors (Lipinski definition) is 8. The summed E-state index contributed by atoms with van der Waals surface area (Å²) in [5.41, 5.74) is -0.0161. The number of carbonyl (C=O) groups excluding carboxylic acids is 4. The van der Waals surface area contributed by atoms with Gasteiger partial charge in [0.1, 0.15) is 11.4 Å². The number of fused-ring (bicyclic) bond motifs is 1. The first-order valence-electron chi connectivity index (χ1n) is 18.7. The number of amides is 4. The Kier molecular flexibility index (Phi) is 10.9. The minimum absolute atomic E-state index is 0.0237. The Morgan fingerprint density at radius 2 is 1.71 bits per heavy atom. The molecule has 0 aromatic heterocycles. The summed E-state index contributed by atoms with van der Waals surface area (Å²) in [7, 11) is 1.63. The molecule has 4 aliphatic rings. The maximum absolute atomic E-state index is 14.8. The standard InChI is InChI=1S/C40H55N5O7/c1-38(2,3)52-37(49)43-25-27(34(46)42-40(17-19-41-20-18-40)29-11-8-7-9-12-29)23-28(26-43)35(47)45(30-13-14-30)31-15-16-33-32(24-31)44(21-10-22-50-6)36(48)39(4,5)51-33/h7-9,11-12,15-16,24,27-28,30,41H,10,13-14,17-23,25-26H2,1-6H3,(H,42,46)/t27-,28+/m0/s1. The van der Waals surface area contributed by atoms with Crippen molar-refractivity contribution in [1.82, 2.24) is 15.5 Å². The molecule has 6 rings (SSSR count). The fraction of sp³-hybridized carbons (Fsp3) is 0.600. The zero-order valence-corrected chi connectivity index (χ0v) is 31.5. The Morgan fingerprint density at radius 3 is 2.37 bits per heavy atom. The van der Waals surface area contributed by atoms with Gasteiger partial charge in [-0.3, -0.25) is 14.4 Å². The SMILES string of the molecule is COCCCN1C(=O)C(C)(C)Oc2ccc(N(C(=O)[C@@H]3C[C@H](C(=O)NC4(c5ccccc5)CCNCC4)CN(C(=O)OC(C)(C)C)C3)C3CC3)cc21. The van der Waals surface area contributed by atoms with E-state index < -0.39 is 34.7 Å². The van der Waals surface area contributed by atoms with Crippen LogP contribution in [-0.2, 0) is 29.4 Å². The van der Waals surface area contributed by atoms with Crippen molar-refractivity contribution in [3.63, 3.8) is 0 Å². The van der Waals surface area contributed by atoms with Crippen molar-refractivity contribution in [2.45, 2.75) is 95.9 Å². The van der Waals surface area contributed by atoms with Crippen molar-refractivity contribution in [2.24, 2.45) is 11.8 Å². The van der Waals surface area contributed by atoms with Gasteiger partial charge in [-0.1, -0.05) is 30.3 Å². The lowest BCUT2D eigenvalue weighted by Gasteiger charge is -2.43. The van der Waals surface area contributed by atoms with E-state index >= 15 is 0 Å². The number of benzene rings is 2. The summed E-state index contributed by atoms with van der Waals surface area (Å²) < 4.78 is 17.2. The Morgan fingerprint density at radius 1 is 1.02 bits per heavy atom. The van der Waals surface area contributed by atoms with Crippen molar-refractivity contribution >= 4 is 35.2 Å². The Bertz CT molecular complexity index is 1630. The van der Waals surface area contributed by atoms with Gasteiger partial charge < -0.3 is 39.5 Å². The van der Waals surface area contributed by atoms with Gasteiger partial charge in [0.2, 0.25) is 11.8 Å². The first kappa shape index (κ1) is 37.6. The highest BCUT2D eigenvalue weighted by atomic mass is 16.6. The summed E-state index contributed by atoms with van der Waals surface area (Å²) in [5.74, 6) is -1.18. The fourth-order valence-electron chi connectivity index (χ4n) is 7.72. The molecule has 2 saturated heterocycles. The lowest BCUT2D eigenvalue weighted by Crippen LogP contribution is -2.57. The second-order valence-electron chi connectivity index (χ2n) is 16.2. The molecule has 0 spiro atoms. The van der Waals surface area contributed by atoms with Crippen LogP contribution in [0, 0.1) is 11.8 Å². The van der Waals surface area contributed by atoms with Gasteiger partial charge in [0, 0.05) is 45.1 Å². The molecule has 0 bridgehead atoms. The van der Waals surface area contributed by atoms with E-state index in [2.05, 4.69) is 22.8 Å². The van der Waals surface area contributed by atoms with Crippen LogP contribution in [0.2, 0.25) is 0 Å². The van der Waals surface area contributed by atoms with Gasteiger partial charge in [-0.25, -0.2) is 4.79 Å². The van der Waals surface area contributed by atoms with Crippen LogP contribution in [0.15, 0.2) is 48.5 Å². The topological polar surface area (TPSA) is 130 Å². The number of nitrogens with zero attached hydrogens (tertiary/aromatic N) is 3. The van der Waals surface area contributed by atoms with Gasteiger partial charge in [-0.2, -0.15) is 0 Å². The van der Waals surface area contributed by atoms with Gasteiger partial charge in [-0.15, -0.1) is 0 Å². The van der Waals surface area contributed by atoms with Crippen molar-refractivity contribution < 1.29 is 33.4 Å². The third kappa shape index (κ3) is 8.23. The normalized spacial score (nSPS) is 22.5. The van der Waals surface area contributed by atoms with Gasteiger partial charge in [0.15, 0.2) is 5.60 Å². The molecule has 12 heteroatoms. The highest BCUT2D eigenvalue weighted by Gasteiger charge is 2.46. The predicted molar refractivity (Wildman–Crippen MR) is 198 cm³/mol. The van der Waals surface area contributed by atoms with Gasteiger partial charge >= 0.3 is 6.09 Å². The molecule has 3 fully saturated rings. The minimum atomic E-state index is -1.04. The second-order valence-corrected chi connectivity index (χ2v) is 16.2. The molecular formula is C40H55N5O7. The van der Waals surface area contributed by atoms with E-state index in [0.717, 1.165) is 44.3 Å². The van der Waals surface area contributed by atoms with Crippen LogP contribution in [0.25, 0.3) is 0 Å². The van der Waals surface area contributed by atoms with Gasteiger partial charge in [0.25, 0.3) is 5.91 Å². The number of nitrogens with one attached hydrogen (secondary N) is 2. The van der Waals surface area contributed by atoms with E-state index in [9.17, 15) is 19.2 Å². The number of rotatable bonds is 10. The van der Waals surface area contributed by atoms with Crippen molar-refractivity contribution in [2.75, 3.05) is 56.2 Å². The Hall–Kier alpha value is -4.16. The van der Waals surface area contributed by atoms with Gasteiger partial charge in [0.05, 0.1) is 23.1 Å². The van der Waals surface area contributed by atoms with Gasteiger partial charge in [-0.05, 0) is 110 Å². The molecule has 2 N–H and O–H groups in total. The average Bonchev–Trinajstić information content (AvgIpc) is 3.95. The van der Waals surface area contributed by atoms with Crippen LogP contribution >= 0.6 is 0 Å². The first-order valence-corrected chi connectivity index (χ1v) is 18.7. The smallest absolute Gasteiger partial charge is 0.410 e. The summed E-state index contributed by atoms with van der Waals surface area (Å²) in [6, 6.07) is 15.6. The third-order valence-corrected chi connectivity index (χ3v) is 10.5. The zero-order chi connectivity index (χ0) is 37.3. The third-order valence-electron chi connectivity index (χ3n) is 10.5. The lowest BCUT2D eigenvalue weighted by molar-refractivity contribution is -0.133. The van der Waals surface area contributed by atoms with Crippen LogP contribution in [0.5, 0.6) is 5.75 Å². The predicted octanol–water partition coefficient (Wildman–Crippen LogP) is 4.99. The summed E-state index contributed by atoms with van der Waals surface area (Å²) in [5, 5.41) is 6.82. The van der Waals surface area contributed by atoms with Crippen LogP contribution in [0.1, 0.15) is 78.7 Å². The highest BCUT2D eigenvalue weighted by molar-refractivity contribution is 6.04. The number of carbonyl (C=O) groups is 4. The molecular weight excluding hydrogens is 662 g/mol. The molecule has 3 aliphatic heterocycles. The average molecular weight is 718 g/mol. The van der Waals surface area contributed by atoms with E-state index in [1.54, 1.807) is 25.9 Å². The molecule has 3 heterocycles. The molecule has 0 unspecified atom stereocenters. The number of ether oxygens (including phenoxy) is 3. The Balaban J connectivity index is 1.30. The van der Waals surface area contributed by atoms with E-state index in [0.29, 0.717) is 43.1 Å². The molecule has 1 aliphatic carbocycles. The lowest BCUT2D eigenvalue weighted by atomic mass is 9.80. The van der Waals surface area contributed by atoms with E-state index in [-0.39, 0.29) is 36.9 Å². The Labute approximate surface area is 307 Å². The van der Waals surface area contributed by atoms with E-state index in [1.165, 1.54) is 4.90 Å². The molecule has 0 radical (unpaired) electrons. The monoisotopic (exact) mass is 717 g/mol. The van der Waals surface area contributed by atoms with Crippen molar-refractivity contribution in [1.29, 1.82) is 0 Å². The molecule has 2 aromatic rings. The maximum Gasteiger partial charge on any atom is 0.410 e. The summed E-state index contributed by atoms with van der Waals surface area (Å²) in [6.45, 7) is 11.7.